The molecule has 18 heavy (non-hydrogen) atoms. The molecule has 0 N–H and O–H groups in total. The molecule has 3 unspecified atom stereocenters. The summed E-state index contributed by atoms with van der Waals surface area (Å²) in [6.07, 6.45) is 7.92. The van der Waals surface area contributed by atoms with Gasteiger partial charge in [0.15, 0.2) is 0 Å². The van der Waals surface area contributed by atoms with Gasteiger partial charge in [-0.15, -0.1) is 0 Å². The number of esters is 1. The zero-order valence-corrected chi connectivity index (χ0v) is 11.8. The number of rotatable bonds is 3. The highest BCUT2D eigenvalue weighted by molar-refractivity contribution is 5.87. The molecule has 3 fully saturated rings. The van der Waals surface area contributed by atoms with Gasteiger partial charge in [0.2, 0.25) is 0 Å². The largest absolute Gasteiger partial charge is 0.456 e. The molecule has 0 aromatic heterocycles. The number of carbonyl (C=O) groups excluding carboxylic acids is 1. The van der Waals surface area contributed by atoms with Gasteiger partial charge in [0.25, 0.3) is 0 Å². The third-order valence-electron chi connectivity index (χ3n) is 5.99. The molecule has 3 rings (SSSR count). The Morgan fingerprint density at radius 2 is 2.06 bits per heavy atom. The molecule has 0 aromatic rings. The van der Waals surface area contributed by atoms with Gasteiger partial charge in [-0.05, 0) is 64.2 Å². The molecular formula is C16H24O2. The van der Waals surface area contributed by atoms with E-state index in [0.29, 0.717) is 11.0 Å². The van der Waals surface area contributed by atoms with E-state index in [1.54, 1.807) is 6.92 Å². The second kappa shape index (κ2) is 3.40. The Bertz CT molecular complexity index is 423. The molecule has 2 nitrogen and oxygen atoms in total. The van der Waals surface area contributed by atoms with Gasteiger partial charge in [-0.2, -0.15) is 0 Å². The summed E-state index contributed by atoms with van der Waals surface area (Å²) in [6.45, 7) is 9.64. The first-order chi connectivity index (χ1) is 8.30. The molecular weight excluding hydrogens is 224 g/mol. The average molecular weight is 248 g/mol. The Kier molecular flexibility index (Phi) is 2.31. The fraction of sp³-hybridized carbons (Fsp3) is 0.812. The van der Waals surface area contributed by atoms with Crippen molar-refractivity contribution in [1.82, 2.24) is 0 Å². The van der Waals surface area contributed by atoms with E-state index in [2.05, 4.69) is 20.4 Å². The Balaban J connectivity index is 1.81. The molecule has 3 atom stereocenters. The number of hydrogen-bond donors (Lipinski definition) is 0. The van der Waals surface area contributed by atoms with E-state index in [1.165, 1.54) is 38.5 Å². The van der Waals surface area contributed by atoms with Crippen LogP contribution >= 0.6 is 0 Å². The number of ether oxygens (including phenoxy) is 1. The Morgan fingerprint density at radius 3 is 2.72 bits per heavy atom. The van der Waals surface area contributed by atoms with Gasteiger partial charge in [-0.3, -0.25) is 0 Å². The summed E-state index contributed by atoms with van der Waals surface area (Å²) in [5.41, 5.74) is 1.04. The lowest BCUT2D eigenvalue weighted by Crippen LogP contribution is -2.48. The van der Waals surface area contributed by atoms with Crippen molar-refractivity contribution in [2.45, 2.75) is 64.9 Å². The highest BCUT2D eigenvalue weighted by Gasteiger charge is 2.70. The standard InChI is InChI=1S/C16H24O2/c1-11(2)13(17)18-14(3,4)16-7-5-6-15(10-16)8-12(15)9-16/h12H,1,5-10H2,2-4H3. The summed E-state index contributed by atoms with van der Waals surface area (Å²) in [7, 11) is 0. The molecule has 0 aromatic carbocycles. The summed E-state index contributed by atoms with van der Waals surface area (Å²) in [5, 5.41) is 0. The third kappa shape index (κ3) is 1.50. The molecule has 0 radical (unpaired) electrons. The molecule has 2 bridgehead atoms. The summed E-state index contributed by atoms with van der Waals surface area (Å²) in [5.74, 6) is 0.692. The first kappa shape index (κ1) is 12.3. The lowest BCUT2D eigenvalue weighted by molar-refractivity contribution is -0.170. The maximum atomic E-state index is 11.8. The zero-order chi connectivity index (χ0) is 13.2. The lowest BCUT2D eigenvalue weighted by Gasteiger charge is -2.47. The van der Waals surface area contributed by atoms with Crippen LogP contribution in [0, 0.1) is 16.7 Å². The highest BCUT2D eigenvalue weighted by Crippen LogP contribution is 2.77. The van der Waals surface area contributed by atoms with Crippen LogP contribution in [0.2, 0.25) is 0 Å². The predicted octanol–water partition coefficient (Wildman–Crippen LogP) is 3.85. The molecule has 0 amide bonds. The molecule has 3 saturated carbocycles. The molecule has 3 aliphatic carbocycles. The van der Waals surface area contributed by atoms with E-state index in [9.17, 15) is 4.79 Å². The lowest BCUT2D eigenvalue weighted by atomic mass is 9.63. The van der Waals surface area contributed by atoms with Crippen molar-refractivity contribution in [3.63, 3.8) is 0 Å². The van der Waals surface area contributed by atoms with Crippen LogP contribution in [0.25, 0.3) is 0 Å². The van der Waals surface area contributed by atoms with E-state index in [0.717, 1.165) is 5.92 Å². The van der Waals surface area contributed by atoms with Crippen molar-refractivity contribution in [2.75, 3.05) is 0 Å². The molecule has 100 valence electrons. The second-order valence-electron chi connectivity index (χ2n) is 7.46. The normalized spacial score (nSPS) is 41.2. The molecule has 0 saturated heterocycles. The van der Waals surface area contributed by atoms with Gasteiger partial charge in [0.05, 0.1) is 0 Å². The van der Waals surface area contributed by atoms with Crippen LogP contribution in [-0.4, -0.2) is 11.6 Å². The fourth-order valence-electron chi connectivity index (χ4n) is 4.71. The molecule has 1 spiro atoms. The first-order valence-electron chi connectivity index (χ1n) is 7.19. The average Bonchev–Trinajstić information content (AvgIpc) is 2.82. The second-order valence-corrected chi connectivity index (χ2v) is 7.46. The fourth-order valence-corrected chi connectivity index (χ4v) is 4.71. The van der Waals surface area contributed by atoms with Crippen molar-refractivity contribution in [3.05, 3.63) is 12.2 Å². The Hall–Kier alpha value is -0.790. The predicted molar refractivity (Wildman–Crippen MR) is 71.0 cm³/mol. The highest BCUT2D eigenvalue weighted by atomic mass is 16.6. The Labute approximate surface area is 110 Å². The van der Waals surface area contributed by atoms with Crippen LogP contribution in [0.4, 0.5) is 0 Å². The van der Waals surface area contributed by atoms with Crippen LogP contribution in [0.5, 0.6) is 0 Å². The van der Waals surface area contributed by atoms with Gasteiger partial charge < -0.3 is 4.74 Å². The zero-order valence-electron chi connectivity index (χ0n) is 11.8. The molecule has 3 aliphatic rings. The van der Waals surface area contributed by atoms with Crippen molar-refractivity contribution in [1.29, 1.82) is 0 Å². The summed E-state index contributed by atoms with van der Waals surface area (Å²) in [4.78, 5) is 11.8. The van der Waals surface area contributed by atoms with Crippen molar-refractivity contribution in [3.8, 4) is 0 Å². The minimum absolute atomic E-state index is 0.227. The number of fused-ring (bicyclic) bond motifs is 1. The van der Waals surface area contributed by atoms with E-state index >= 15 is 0 Å². The van der Waals surface area contributed by atoms with E-state index < -0.39 is 0 Å². The van der Waals surface area contributed by atoms with E-state index in [-0.39, 0.29) is 17.0 Å². The van der Waals surface area contributed by atoms with Gasteiger partial charge in [-0.25, -0.2) is 4.79 Å². The molecule has 2 heteroatoms. The minimum atomic E-state index is -0.343. The van der Waals surface area contributed by atoms with Crippen LogP contribution in [0.3, 0.4) is 0 Å². The quantitative estimate of drug-likeness (QED) is 0.560. The van der Waals surface area contributed by atoms with Crippen LogP contribution in [0.15, 0.2) is 12.2 Å². The van der Waals surface area contributed by atoms with Crippen LogP contribution in [-0.2, 0) is 9.53 Å². The minimum Gasteiger partial charge on any atom is -0.456 e. The van der Waals surface area contributed by atoms with E-state index in [1.807, 2.05) is 0 Å². The van der Waals surface area contributed by atoms with Crippen molar-refractivity contribution >= 4 is 5.97 Å². The maximum Gasteiger partial charge on any atom is 0.333 e. The van der Waals surface area contributed by atoms with E-state index in [4.69, 9.17) is 4.74 Å². The monoisotopic (exact) mass is 248 g/mol. The third-order valence-corrected chi connectivity index (χ3v) is 5.99. The topological polar surface area (TPSA) is 26.3 Å². The van der Waals surface area contributed by atoms with Crippen molar-refractivity contribution in [2.24, 2.45) is 16.7 Å². The Morgan fingerprint density at radius 1 is 1.33 bits per heavy atom. The summed E-state index contributed by atoms with van der Waals surface area (Å²) >= 11 is 0. The number of hydrogen-bond acceptors (Lipinski definition) is 2. The maximum absolute atomic E-state index is 11.8. The SMILES string of the molecule is C=C(C)C(=O)OC(C)(C)C12CCCC3(CC3C1)C2. The first-order valence-corrected chi connectivity index (χ1v) is 7.19. The number of carbonyl (C=O) groups is 1. The van der Waals surface area contributed by atoms with Crippen molar-refractivity contribution < 1.29 is 9.53 Å². The smallest absolute Gasteiger partial charge is 0.333 e. The van der Waals surface area contributed by atoms with Crippen LogP contribution in [0.1, 0.15) is 59.3 Å². The van der Waals surface area contributed by atoms with Gasteiger partial charge in [0, 0.05) is 11.0 Å². The summed E-state index contributed by atoms with van der Waals surface area (Å²) < 4.78 is 5.79. The van der Waals surface area contributed by atoms with Gasteiger partial charge >= 0.3 is 5.97 Å². The van der Waals surface area contributed by atoms with Gasteiger partial charge in [-0.1, -0.05) is 13.0 Å². The van der Waals surface area contributed by atoms with Gasteiger partial charge in [0.1, 0.15) is 5.60 Å². The molecule has 0 aliphatic heterocycles. The van der Waals surface area contributed by atoms with Crippen LogP contribution < -0.4 is 0 Å². The summed E-state index contributed by atoms with van der Waals surface area (Å²) in [6, 6.07) is 0. The molecule has 0 heterocycles.